The Morgan fingerprint density at radius 2 is 2.19 bits per heavy atom. The molecule has 0 aromatic heterocycles. The summed E-state index contributed by atoms with van der Waals surface area (Å²) < 4.78 is 9.41. The summed E-state index contributed by atoms with van der Waals surface area (Å²) >= 11 is 0. The van der Waals surface area contributed by atoms with Gasteiger partial charge in [0.2, 0.25) is 0 Å². The molecule has 1 aliphatic rings. The Kier molecular flexibility index (Phi) is 4.22. The fourth-order valence-corrected chi connectivity index (χ4v) is 1.54. The number of rotatable bonds is 3. The number of esters is 1. The Labute approximate surface area is 92.2 Å². The molecule has 1 aliphatic heterocycles. The van der Waals surface area contributed by atoms with Gasteiger partial charge in [-0.1, -0.05) is 0 Å². The molecule has 0 bridgehead atoms. The Morgan fingerprint density at radius 1 is 1.56 bits per heavy atom. The van der Waals surface area contributed by atoms with Crippen LogP contribution in [0.15, 0.2) is 0 Å². The summed E-state index contributed by atoms with van der Waals surface area (Å²) in [5.74, 6) is -3.36. The van der Waals surface area contributed by atoms with Gasteiger partial charge in [-0.3, -0.25) is 0 Å². The maximum atomic E-state index is 11.4. The molecule has 0 aromatic carbocycles. The van der Waals surface area contributed by atoms with E-state index in [2.05, 4.69) is 4.74 Å². The number of carbonyl (C=O) groups is 1. The van der Waals surface area contributed by atoms with Gasteiger partial charge in [-0.25, -0.2) is 4.79 Å². The third-order valence-electron chi connectivity index (χ3n) is 2.38. The molecule has 0 amide bonds. The quantitative estimate of drug-likeness (QED) is 0.409. The van der Waals surface area contributed by atoms with Gasteiger partial charge in [-0.05, 0) is 6.92 Å². The van der Waals surface area contributed by atoms with Crippen LogP contribution in [0.5, 0.6) is 0 Å². The maximum absolute atomic E-state index is 11.4. The van der Waals surface area contributed by atoms with Crippen LogP contribution in [0.2, 0.25) is 0 Å². The topological polar surface area (TPSA) is 116 Å². The standard InChI is InChI=1S/C9H16O7/c1-2-15-8(13)9(14)3-5(11)7(12)6(4-10)16-9/h5-7,10-12,14H,2-4H2,1H3/t5-,6-,7+,9?/m1/s1. The molecule has 1 fully saturated rings. The second kappa shape index (κ2) is 5.07. The maximum Gasteiger partial charge on any atom is 0.366 e. The van der Waals surface area contributed by atoms with E-state index in [-0.39, 0.29) is 6.61 Å². The summed E-state index contributed by atoms with van der Waals surface area (Å²) in [4.78, 5) is 11.4. The molecule has 1 heterocycles. The van der Waals surface area contributed by atoms with Crippen LogP contribution in [0, 0.1) is 0 Å². The molecule has 94 valence electrons. The van der Waals surface area contributed by atoms with E-state index in [0.717, 1.165) is 0 Å². The SMILES string of the molecule is CCOC(=O)C1(O)C[C@@H](O)[C@H](O)[C@@H](CO)O1. The zero-order chi connectivity index (χ0) is 12.3. The number of hydrogen-bond donors (Lipinski definition) is 4. The predicted molar refractivity (Wildman–Crippen MR) is 50.2 cm³/mol. The minimum absolute atomic E-state index is 0.0486. The van der Waals surface area contributed by atoms with E-state index in [1.807, 2.05) is 0 Å². The highest BCUT2D eigenvalue weighted by Crippen LogP contribution is 2.28. The summed E-state index contributed by atoms with van der Waals surface area (Å²) in [6, 6.07) is 0. The average Bonchev–Trinajstić information content (AvgIpc) is 2.24. The first-order chi connectivity index (χ1) is 7.44. The fourth-order valence-electron chi connectivity index (χ4n) is 1.54. The molecule has 7 heteroatoms. The molecule has 4 N–H and O–H groups in total. The van der Waals surface area contributed by atoms with Crippen LogP contribution < -0.4 is 0 Å². The van der Waals surface area contributed by atoms with E-state index < -0.39 is 43.1 Å². The Morgan fingerprint density at radius 3 is 2.69 bits per heavy atom. The molecule has 0 saturated carbocycles. The van der Waals surface area contributed by atoms with Crippen LogP contribution in [0.25, 0.3) is 0 Å². The lowest BCUT2D eigenvalue weighted by Crippen LogP contribution is -2.59. The van der Waals surface area contributed by atoms with Crippen molar-refractivity contribution >= 4 is 5.97 Å². The van der Waals surface area contributed by atoms with Crippen molar-refractivity contribution in [1.29, 1.82) is 0 Å². The lowest BCUT2D eigenvalue weighted by atomic mass is 9.96. The monoisotopic (exact) mass is 236 g/mol. The highest BCUT2D eigenvalue weighted by atomic mass is 16.7. The van der Waals surface area contributed by atoms with Crippen molar-refractivity contribution in [2.24, 2.45) is 0 Å². The van der Waals surface area contributed by atoms with Gasteiger partial charge in [0.25, 0.3) is 5.79 Å². The van der Waals surface area contributed by atoms with E-state index in [1.165, 1.54) is 0 Å². The van der Waals surface area contributed by atoms with Crippen molar-refractivity contribution in [2.45, 2.75) is 37.4 Å². The smallest absolute Gasteiger partial charge is 0.366 e. The normalized spacial score (nSPS) is 39.4. The van der Waals surface area contributed by atoms with Crippen molar-refractivity contribution < 1.29 is 34.7 Å². The van der Waals surface area contributed by atoms with Gasteiger partial charge in [-0.15, -0.1) is 0 Å². The van der Waals surface area contributed by atoms with Crippen LogP contribution >= 0.6 is 0 Å². The molecule has 0 aromatic rings. The molecule has 1 saturated heterocycles. The number of carbonyl (C=O) groups excluding carboxylic acids is 1. The lowest BCUT2D eigenvalue weighted by Gasteiger charge is -2.39. The van der Waals surface area contributed by atoms with Crippen molar-refractivity contribution in [3.63, 3.8) is 0 Å². The van der Waals surface area contributed by atoms with Crippen molar-refractivity contribution in [3.05, 3.63) is 0 Å². The minimum atomic E-state index is -2.32. The van der Waals surface area contributed by atoms with Gasteiger partial charge in [0, 0.05) is 6.42 Å². The number of hydrogen-bond acceptors (Lipinski definition) is 7. The molecule has 16 heavy (non-hydrogen) atoms. The van der Waals surface area contributed by atoms with E-state index >= 15 is 0 Å². The third-order valence-corrected chi connectivity index (χ3v) is 2.38. The summed E-state index contributed by atoms with van der Waals surface area (Å²) in [7, 11) is 0. The number of aliphatic hydroxyl groups excluding tert-OH is 3. The minimum Gasteiger partial charge on any atom is -0.462 e. The molecule has 1 unspecified atom stereocenters. The predicted octanol–water partition coefficient (Wildman–Crippen LogP) is -2.26. The molecule has 1 rings (SSSR count). The van der Waals surface area contributed by atoms with Crippen LogP contribution in [0.3, 0.4) is 0 Å². The van der Waals surface area contributed by atoms with Crippen LogP contribution in [-0.2, 0) is 14.3 Å². The Hall–Kier alpha value is -0.730. The first kappa shape index (κ1) is 13.3. The first-order valence-electron chi connectivity index (χ1n) is 4.99. The highest BCUT2D eigenvalue weighted by Gasteiger charge is 2.50. The fraction of sp³-hybridized carbons (Fsp3) is 0.889. The average molecular weight is 236 g/mol. The molecule has 7 nitrogen and oxygen atoms in total. The van der Waals surface area contributed by atoms with E-state index in [9.17, 15) is 20.1 Å². The molecule has 0 spiro atoms. The van der Waals surface area contributed by atoms with Gasteiger partial charge in [0.15, 0.2) is 0 Å². The van der Waals surface area contributed by atoms with E-state index in [4.69, 9.17) is 9.84 Å². The first-order valence-corrected chi connectivity index (χ1v) is 4.99. The van der Waals surface area contributed by atoms with E-state index in [1.54, 1.807) is 6.92 Å². The summed E-state index contributed by atoms with van der Waals surface area (Å²) in [6.07, 6.45) is -4.43. The Bertz CT molecular complexity index is 256. The molecule has 0 aliphatic carbocycles. The highest BCUT2D eigenvalue weighted by molar-refractivity contribution is 5.77. The third kappa shape index (κ3) is 2.50. The van der Waals surface area contributed by atoms with Crippen molar-refractivity contribution in [1.82, 2.24) is 0 Å². The summed E-state index contributed by atoms with van der Waals surface area (Å²) in [5, 5.41) is 37.5. The number of ether oxygens (including phenoxy) is 2. The number of aliphatic hydroxyl groups is 4. The van der Waals surface area contributed by atoms with Crippen LogP contribution in [-0.4, -0.2) is 63.7 Å². The Balaban J connectivity index is 2.78. The zero-order valence-electron chi connectivity index (χ0n) is 8.87. The van der Waals surface area contributed by atoms with Crippen LogP contribution in [0.4, 0.5) is 0 Å². The van der Waals surface area contributed by atoms with E-state index in [0.29, 0.717) is 0 Å². The van der Waals surface area contributed by atoms with Crippen molar-refractivity contribution in [2.75, 3.05) is 13.2 Å². The summed E-state index contributed by atoms with van der Waals surface area (Å²) in [6.45, 7) is 0.978. The second-order valence-electron chi connectivity index (χ2n) is 3.61. The second-order valence-corrected chi connectivity index (χ2v) is 3.61. The van der Waals surface area contributed by atoms with Gasteiger partial charge in [0.1, 0.15) is 12.2 Å². The summed E-state index contributed by atoms with van der Waals surface area (Å²) in [5.41, 5.74) is 0. The van der Waals surface area contributed by atoms with Gasteiger partial charge >= 0.3 is 5.97 Å². The largest absolute Gasteiger partial charge is 0.462 e. The molecule has 4 atom stereocenters. The zero-order valence-corrected chi connectivity index (χ0v) is 8.87. The lowest BCUT2D eigenvalue weighted by molar-refractivity contribution is -0.300. The van der Waals surface area contributed by atoms with Gasteiger partial charge < -0.3 is 29.9 Å². The molecular weight excluding hydrogens is 220 g/mol. The van der Waals surface area contributed by atoms with Crippen LogP contribution in [0.1, 0.15) is 13.3 Å². The molecule has 0 radical (unpaired) electrons. The van der Waals surface area contributed by atoms with Crippen molar-refractivity contribution in [3.8, 4) is 0 Å². The van der Waals surface area contributed by atoms with Gasteiger partial charge in [0.05, 0.1) is 19.3 Å². The van der Waals surface area contributed by atoms with Gasteiger partial charge in [-0.2, -0.15) is 0 Å². The molecular formula is C9H16O7.